The van der Waals surface area contributed by atoms with Crippen LogP contribution in [0.15, 0.2) is 12.7 Å². The first-order valence-corrected chi connectivity index (χ1v) is 14.1. The molecule has 0 bridgehead atoms. The van der Waals surface area contributed by atoms with Crippen molar-refractivity contribution < 1.29 is 14.0 Å². The first kappa shape index (κ1) is 25.4. The summed E-state index contributed by atoms with van der Waals surface area (Å²) >= 11 is 0. The van der Waals surface area contributed by atoms with Crippen LogP contribution >= 0.6 is 0 Å². The number of esters is 1. The lowest BCUT2D eigenvalue weighted by Crippen LogP contribution is -2.30. The summed E-state index contributed by atoms with van der Waals surface area (Å²) in [5.74, 6) is -0.307. The summed E-state index contributed by atoms with van der Waals surface area (Å²) < 4.78 is 11.2. The molecule has 0 saturated heterocycles. The summed E-state index contributed by atoms with van der Waals surface area (Å²) in [6, 6.07) is 1.31. The molecule has 0 N–H and O–H groups in total. The maximum atomic E-state index is 10.9. The molecule has 0 unspecified atom stereocenters. The topological polar surface area (TPSA) is 35.5 Å². The zero-order valence-electron chi connectivity index (χ0n) is 17.8. The van der Waals surface area contributed by atoms with E-state index in [0.29, 0.717) is 6.61 Å². The molecule has 0 amide bonds. The SMILES string of the molecule is C=CC(=O)OCCCCCCCCCCC[Si](C)(C)OCCCCCC. The van der Waals surface area contributed by atoms with Crippen LogP contribution in [0.2, 0.25) is 19.1 Å². The molecular weight excluding hydrogens is 340 g/mol. The second-order valence-corrected chi connectivity index (χ2v) is 12.3. The van der Waals surface area contributed by atoms with E-state index in [1.54, 1.807) is 0 Å². The fourth-order valence-corrected chi connectivity index (χ4v) is 5.01. The van der Waals surface area contributed by atoms with Crippen molar-refractivity contribution in [3.05, 3.63) is 12.7 Å². The molecule has 0 fully saturated rings. The van der Waals surface area contributed by atoms with Crippen LogP contribution in [0.25, 0.3) is 0 Å². The maximum absolute atomic E-state index is 10.9. The Morgan fingerprint density at radius 2 is 1.31 bits per heavy atom. The Bertz CT molecular complexity index is 342. The Hall–Kier alpha value is -0.613. The lowest BCUT2D eigenvalue weighted by atomic mass is 10.1. The number of hydrogen-bond donors (Lipinski definition) is 0. The number of carbonyl (C=O) groups is 1. The van der Waals surface area contributed by atoms with E-state index in [-0.39, 0.29) is 5.97 Å². The van der Waals surface area contributed by atoms with Gasteiger partial charge in [0.15, 0.2) is 8.32 Å². The van der Waals surface area contributed by atoms with Crippen LogP contribution in [0, 0.1) is 0 Å². The first-order chi connectivity index (χ1) is 12.5. The summed E-state index contributed by atoms with van der Waals surface area (Å²) in [5.41, 5.74) is 0. The number of carbonyl (C=O) groups excluding carboxylic acids is 1. The van der Waals surface area contributed by atoms with Gasteiger partial charge in [-0.15, -0.1) is 0 Å². The van der Waals surface area contributed by atoms with Crippen LogP contribution in [0.3, 0.4) is 0 Å². The molecule has 0 aromatic heterocycles. The van der Waals surface area contributed by atoms with Crippen molar-refractivity contribution in [2.45, 2.75) is 110 Å². The maximum Gasteiger partial charge on any atom is 0.330 e. The lowest BCUT2D eigenvalue weighted by molar-refractivity contribution is -0.137. The highest BCUT2D eigenvalue weighted by molar-refractivity contribution is 6.71. The lowest BCUT2D eigenvalue weighted by Gasteiger charge is -2.22. The van der Waals surface area contributed by atoms with Crippen molar-refractivity contribution in [2.75, 3.05) is 13.2 Å². The van der Waals surface area contributed by atoms with Crippen LogP contribution in [0.1, 0.15) is 90.4 Å². The fourth-order valence-electron chi connectivity index (χ4n) is 3.07. The average molecular weight is 385 g/mol. The molecule has 0 aliphatic heterocycles. The van der Waals surface area contributed by atoms with E-state index in [1.807, 2.05) is 0 Å². The normalized spacial score (nSPS) is 11.5. The summed E-state index contributed by atoms with van der Waals surface area (Å²) in [7, 11) is -1.41. The van der Waals surface area contributed by atoms with E-state index in [4.69, 9.17) is 9.16 Å². The standard InChI is InChI=1S/C22H44O3Si/c1-5-7-8-17-20-25-26(3,4)21-18-15-13-11-9-10-12-14-16-19-24-22(23)6-2/h6H,2,5,7-21H2,1,3-4H3. The fraction of sp³-hybridized carbons (Fsp3) is 0.864. The Balaban J connectivity index is 3.31. The molecular formula is C22H44O3Si. The second-order valence-electron chi connectivity index (χ2n) is 7.97. The van der Waals surface area contributed by atoms with E-state index < -0.39 is 8.32 Å². The molecule has 0 rings (SSSR count). The summed E-state index contributed by atoms with van der Waals surface area (Å²) in [6.07, 6.45) is 17.8. The van der Waals surface area contributed by atoms with Gasteiger partial charge in [0.2, 0.25) is 0 Å². The van der Waals surface area contributed by atoms with Crippen molar-refractivity contribution in [2.24, 2.45) is 0 Å². The molecule has 0 spiro atoms. The third-order valence-corrected chi connectivity index (χ3v) is 7.37. The molecule has 0 aliphatic carbocycles. The Labute approximate surface area is 164 Å². The smallest absolute Gasteiger partial charge is 0.330 e. The van der Waals surface area contributed by atoms with E-state index in [1.165, 1.54) is 82.7 Å². The molecule has 0 aromatic rings. The van der Waals surface area contributed by atoms with Crippen LogP contribution in [0.5, 0.6) is 0 Å². The molecule has 0 aromatic carbocycles. The van der Waals surface area contributed by atoms with Gasteiger partial charge in [-0.2, -0.15) is 0 Å². The second kappa shape index (κ2) is 17.8. The largest absolute Gasteiger partial charge is 0.463 e. The highest BCUT2D eigenvalue weighted by Crippen LogP contribution is 2.18. The van der Waals surface area contributed by atoms with Crippen molar-refractivity contribution >= 4 is 14.3 Å². The molecule has 3 nitrogen and oxygen atoms in total. The van der Waals surface area contributed by atoms with Gasteiger partial charge in [-0.1, -0.05) is 84.1 Å². The van der Waals surface area contributed by atoms with E-state index in [0.717, 1.165) is 19.4 Å². The monoisotopic (exact) mass is 384 g/mol. The number of unbranched alkanes of at least 4 members (excludes halogenated alkanes) is 11. The quantitative estimate of drug-likeness (QED) is 0.104. The minimum Gasteiger partial charge on any atom is -0.463 e. The van der Waals surface area contributed by atoms with Crippen molar-refractivity contribution in [1.82, 2.24) is 0 Å². The molecule has 154 valence electrons. The molecule has 26 heavy (non-hydrogen) atoms. The van der Waals surface area contributed by atoms with E-state index in [9.17, 15) is 4.79 Å². The predicted octanol–water partition coefficient (Wildman–Crippen LogP) is 7.03. The number of ether oxygens (including phenoxy) is 1. The van der Waals surface area contributed by atoms with Gasteiger partial charge in [-0.25, -0.2) is 4.79 Å². The van der Waals surface area contributed by atoms with E-state index >= 15 is 0 Å². The van der Waals surface area contributed by atoms with Gasteiger partial charge in [0.05, 0.1) is 6.61 Å². The Kier molecular flexibility index (Phi) is 17.4. The van der Waals surface area contributed by atoms with E-state index in [2.05, 4.69) is 26.6 Å². The zero-order valence-corrected chi connectivity index (χ0v) is 18.8. The van der Waals surface area contributed by atoms with Crippen LogP contribution < -0.4 is 0 Å². The summed E-state index contributed by atoms with van der Waals surface area (Å²) in [6.45, 7) is 11.9. The van der Waals surface area contributed by atoms with Gasteiger partial charge in [-0.3, -0.25) is 0 Å². The highest BCUT2D eigenvalue weighted by atomic mass is 28.4. The highest BCUT2D eigenvalue weighted by Gasteiger charge is 2.21. The minimum absolute atomic E-state index is 0.307. The number of hydrogen-bond acceptors (Lipinski definition) is 3. The van der Waals surface area contributed by atoms with Crippen LogP contribution in [0.4, 0.5) is 0 Å². The summed E-state index contributed by atoms with van der Waals surface area (Å²) in [5, 5.41) is 0. The van der Waals surface area contributed by atoms with Gasteiger partial charge in [0, 0.05) is 12.7 Å². The van der Waals surface area contributed by atoms with Crippen molar-refractivity contribution in [1.29, 1.82) is 0 Å². The summed E-state index contributed by atoms with van der Waals surface area (Å²) in [4.78, 5) is 10.9. The van der Waals surface area contributed by atoms with Crippen molar-refractivity contribution in [3.63, 3.8) is 0 Å². The molecule has 0 heterocycles. The third kappa shape index (κ3) is 18.2. The van der Waals surface area contributed by atoms with Crippen LogP contribution in [-0.4, -0.2) is 27.5 Å². The van der Waals surface area contributed by atoms with Gasteiger partial charge >= 0.3 is 5.97 Å². The molecule has 0 aliphatic rings. The predicted molar refractivity (Wildman–Crippen MR) is 115 cm³/mol. The Morgan fingerprint density at radius 3 is 1.88 bits per heavy atom. The van der Waals surface area contributed by atoms with Crippen molar-refractivity contribution in [3.8, 4) is 0 Å². The average Bonchev–Trinajstić information content (AvgIpc) is 2.62. The minimum atomic E-state index is -1.41. The first-order valence-electron chi connectivity index (χ1n) is 10.9. The van der Waals surface area contributed by atoms with Crippen LogP contribution in [-0.2, 0) is 14.0 Å². The third-order valence-electron chi connectivity index (χ3n) is 4.82. The van der Waals surface area contributed by atoms with Gasteiger partial charge < -0.3 is 9.16 Å². The molecule has 0 atom stereocenters. The molecule has 0 saturated carbocycles. The molecule has 0 radical (unpaired) electrons. The van der Waals surface area contributed by atoms with Gasteiger partial charge in [0.1, 0.15) is 0 Å². The van der Waals surface area contributed by atoms with Gasteiger partial charge in [-0.05, 0) is 32.0 Å². The zero-order chi connectivity index (χ0) is 19.5. The van der Waals surface area contributed by atoms with Gasteiger partial charge in [0.25, 0.3) is 0 Å². The molecule has 4 heteroatoms. The Morgan fingerprint density at radius 1 is 0.808 bits per heavy atom. The number of rotatable bonds is 19.